The van der Waals surface area contributed by atoms with E-state index in [2.05, 4.69) is 0 Å². The van der Waals surface area contributed by atoms with Crippen LogP contribution in [-0.2, 0) is 10.1 Å². The summed E-state index contributed by atoms with van der Waals surface area (Å²) in [6, 6.07) is 9.18. The first kappa shape index (κ1) is 9.08. The maximum Gasteiger partial charge on any atom is 0.324 e. The lowest BCUT2D eigenvalue weighted by Gasteiger charge is -2.03. The van der Waals surface area contributed by atoms with Crippen molar-refractivity contribution in [3.05, 3.63) is 36.5 Å². The van der Waals surface area contributed by atoms with Crippen molar-refractivity contribution >= 4 is 21.0 Å². The van der Waals surface area contributed by atoms with Crippen molar-refractivity contribution < 1.29 is 12.7 Å². The van der Waals surface area contributed by atoms with Gasteiger partial charge < -0.3 is 0 Å². The van der Waals surface area contributed by atoms with E-state index in [1.165, 1.54) is 4.73 Å². The van der Waals surface area contributed by atoms with Crippen molar-refractivity contribution in [3.8, 4) is 0 Å². The molecule has 0 N–H and O–H groups in total. The lowest BCUT2D eigenvalue weighted by atomic mass is 10.3. The predicted octanol–water partition coefficient (Wildman–Crippen LogP) is 1.03. The minimum absolute atomic E-state index is 0.734. The molecule has 0 saturated heterocycles. The largest absolute Gasteiger partial charge is 0.324 e. The molecule has 0 spiro atoms. The minimum atomic E-state index is -3.48. The number of hydrogen-bond donors (Lipinski definition) is 0. The molecule has 0 saturated carbocycles. The van der Waals surface area contributed by atoms with Gasteiger partial charge in [0.1, 0.15) is 0 Å². The standard InChI is InChI=1S/C9H9NO3S/c1-14(11,12)13-10-7-6-8-4-2-3-5-9(8)10/h2-7H,1H3. The molecule has 0 aliphatic heterocycles. The molecule has 14 heavy (non-hydrogen) atoms. The molecule has 0 atom stereocenters. The molecule has 4 nitrogen and oxygen atoms in total. The van der Waals surface area contributed by atoms with Crippen LogP contribution in [0.15, 0.2) is 36.5 Å². The van der Waals surface area contributed by atoms with Crippen LogP contribution in [0.4, 0.5) is 0 Å². The third-order valence-corrected chi connectivity index (χ3v) is 2.21. The molecule has 2 rings (SSSR count). The summed E-state index contributed by atoms with van der Waals surface area (Å²) in [5, 5.41) is 0.941. The maximum atomic E-state index is 10.9. The molecule has 1 heterocycles. The van der Waals surface area contributed by atoms with Crippen LogP contribution in [0.1, 0.15) is 0 Å². The second-order valence-electron chi connectivity index (χ2n) is 2.98. The van der Waals surface area contributed by atoms with Crippen molar-refractivity contribution in [2.24, 2.45) is 0 Å². The zero-order chi connectivity index (χ0) is 10.2. The van der Waals surface area contributed by atoms with Gasteiger partial charge in [0.05, 0.1) is 11.8 Å². The van der Waals surface area contributed by atoms with Gasteiger partial charge in [-0.15, -0.1) is 0 Å². The van der Waals surface area contributed by atoms with Crippen molar-refractivity contribution in [2.45, 2.75) is 0 Å². The minimum Gasteiger partial charge on any atom is -0.288 e. The van der Waals surface area contributed by atoms with Crippen molar-refractivity contribution in [1.29, 1.82) is 0 Å². The van der Waals surface area contributed by atoms with Crippen LogP contribution in [0, 0.1) is 0 Å². The highest BCUT2D eigenvalue weighted by Crippen LogP contribution is 2.13. The molecule has 0 amide bonds. The van der Waals surface area contributed by atoms with Crippen LogP contribution in [-0.4, -0.2) is 19.4 Å². The number of benzene rings is 1. The fourth-order valence-corrected chi connectivity index (χ4v) is 1.69. The van der Waals surface area contributed by atoms with Crippen molar-refractivity contribution in [2.75, 3.05) is 6.26 Å². The second-order valence-corrected chi connectivity index (χ2v) is 4.54. The number of hydrogen-bond acceptors (Lipinski definition) is 3. The van der Waals surface area contributed by atoms with Gasteiger partial charge in [-0.1, -0.05) is 18.2 Å². The van der Waals surface area contributed by atoms with E-state index in [-0.39, 0.29) is 0 Å². The van der Waals surface area contributed by atoms with Gasteiger partial charge in [0.15, 0.2) is 0 Å². The molecular formula is C9H9NO3S. The summed E-state index contributed by atoms with van der Waals surface area (Å²) in [5.74, 6) is 0. The van der Waals surface area contributed by atoms with Crippen LogP contribution in [0.5, 0.6) is 0 Å². The van der Waals surface area contributed by atoms with Gasteiger partial charge in [-0.2, -0.15) is 13.1 Å². The summed E-state index contributed by atoms with van der Waals surface area (Å²) in [6.07, 6.45) is 2.59. The van der Waals surface area contributed by atoms with E-state index < -0.39 is 10.1 Å². The first-order valence-corrected chi connectivity index (χ1v) is 5.84. The highest BCUT2D eigenvalue weighted by molar-refractivity contribution is 7.86. The third-order valence-electron chi connectivity index (χ3n) is 1.78. The molecular weight excluding hydrogens is 202 g/mol. The van der Waals surface area contributed by atoms with Gasteiger partial charge in [-0.3, -0.25) is 4.28 Å². The lowest BCUT2D eigenvalue weighted by molar-refractivity contribution is 0.296. The number of para-hydroxylation sites is 1. The fourth-order valence-electron chi connectivity index (χ4n) is 1.27. The van der Waals surface area contributed by atoms with Gasteiger partial charge in [0.25, 0.3) is 0 Å². The molecule has 1 aromatic carbocycles. The molecule has 0 unspecified atom stereocenters. The maximum absolute atomic E-state index is 10.9. The van der Waals surface area contributed by atoms with Crippen molar-refractivity contribution in [3.63, 3.8) is 0 Å². The van der Waals surface area contributed by atoms with Crippen LogP contribution in [0.2, 0.25) is 0 Å². The second kappa shape index (κ2) is 3.02. The molecule has 2 aromatic rings. The van der Waals surface area contributed by atoms with Gasteiger partial charge in [-0.25, -0.2) is 0 Å². The average molecular weight is 211 g/mol. The van der Waals surface area contributed by atoms with E-state index in [0.29, 0.717) is 0 Å². The van der Waals surface area contributed by atoms with Gasteiger partial charge in [0.2, 0.25) is 0 Å². The molecule has 0 fully saturated rings. The monoisotopic (exact) mass is 211 g/mol. The van der Waals surface area contributed by atoms with Crippen LogP contribution < -0.4 is 4.28 Å². The third kappa shape index (κ3) is 1.72. The Morgan fingerprint density at radius 1 is 1.21 bits per heavy atom. The zero-order valence-corrected chi connectivity index (χ0v) is 8.36. The Kier molecular flexibility index (Phi) is 1.96. The smallest absolute Gasteiger partial charge is 0.288 e. The van der Waals surface area contributed by atoms with Crippen LogP contribution >= 0.6 is 0 Å². The Bertz CT molecular complexity index is 556. The summed E-state index contributed by atoms with van der Waals surface area (Å²) in [4.78, 5) is 0. The number of fused-ring (bicyclic) bond motifs is 1. The molecule has 1 aromatic heterocycles. The van der Waals surface area contributed by atoms with E-state index >= 15 is 0 Å². The summed E-state index contributed by atoms with van der Waals surface area (Å²) in [5.41, 5.74) is 0.734. The van der Waals surface area contributed by atoms with E-state index in [4.69, 9.17) is 4.28 Å². The Balaban J connectivity index is 2.54. The normalized spacial score (nSPS) is 11.8. The highest BCUT2D eigenvalue weighted by atomic mass is 32.2. The summed E-state index contributed by atoms with van der Waals surface area (Å²) in [6.45, 7) is 0. The summed E-state index contributed by atoms with van der Waals surface area (Å²) >= 11 is 0. The van der Waals surface area contributed by atoms with Crippen LogP contribution in [0.3, 0.4) is 0 Å². The number of aromatic nitrogens is 1. The summed E-state index contributed by atoms with van der Waals surface area (Å²) < 4.78 is 27.8. The SMILES string of the molecule is CS(=O)(=O)On1ccc2ccccc21. The molecule has 0 aliphatic carbocycles. The molecule has 0 aliphatic rings. The Labute approximate surface area is 81.8 Å². The first-order chi connectivity index (χ1) is 6.56. The lowest BCUT2D eigenvalue weighted by Crippen LogP contribution is -2.17. The van der Waals surface area contributed by atoms with E-state index in [0.717, 1.165) is 17.2 Å². The molecule has 0 radical (unpaired) electrons. The van der Waals surface area contributed by atoms with Gasteiger partial charge in [0, 0.05) is 11.6 Å². The van der Waals surface area contributed by atoms with Gasteiger partial charge >= 0.3 is 10.1 Å². The molecule has 5 heteroatoms. The summed E-state index contributed by atoms with van der Waals surface area (Å²) in [7, 11) is -3.48. The number of nitrogens with zero attached hydrogens (tertiary/aromatic N) is 1. The van der Waals surface area contributed by atoms with Crippen molar-refractivity contribution in [1.82, 2.24) is 4.73 Å². The van der Waals surface area contributed by atoms with Crippen LogP contribution in [0.25, 0.3) is 10.9 Å². The molecule has 74 valence electrons. The van der Waals surface area contributed by atoms with E-state index in [9.17, 15) is 8.42 Å². The number of rotatable bonds is 2. The molecule has 0 bridgehead atoms. The first-order valence-electron chi connectivity index (χ1n) is 4.02. The highest BCUT2D eigenvalue weighted by Gasteiger charge is 2.06. The Morgan fingerprint density at radius 3 is 2.64 bits per heavy atom. The Morgan fingerprint density at radius 2 is 1.93 bits per heavy atom. The fraction of sp³-hybridized carbons (Fsp3) is 0.111. The zero-order valence-electron chi connectivity index (χ0n) is 7.54. The quantitative estimate of drug-likeness (QED) is 0.745. The average Bonchev–Trinajstić information content (AvgIpc) is 2.47. The Hall–Kier alpha value is -1.49. The van der Waals surface area contributed by atoms with E-state index in [1.807, 2.05) is 18.2 Å². The predicted molar refractivity (Wildman–Crippen MR) is 53.4 cm³/mol. The van der Waals surface area contributed by atoms with E-state index in [1.54, 1.807) is 18.3 Å². The van der Waals surface area contributed by atoms with Gasteiger partial charge in [-0.05, 0) is 12.1 Å². The topological polar surface area (TPSA) is 48.3 Å².